The highest BCUT2D eigenvalue weighted by molar-refractivity contribution is 7.93. The summed E-state index contributed by atoms with van der Waals surface area (Å²) in [6, 6.07) is 10.4. The molecule has 8 nitrogen and oxygen atoms in total. The summed E-state index contributed by atoms with van der Waals surface area (Å²) < 4.78 is 70.2. The van der Waals surface area contributed by atoms with Crippen LogP contribution in [0.25, 0.3) is 0 Å². The number of thiophene rings is 1. The molecule has 1 aromatic carbocycles. The van der Waals surface area contributed by atoms with Crippen LogP contribution in [0.3, 0.4) is 0 Å². The van der Waals surface area contributed by atoms with E-state index in [9.17, 15) is 16.8 Å². The number of nitrogens with one attached hydrogen (secondary N) is 1. The van der Waals surface area contributed by atoms with E-state index in [1.807, 2.05) is 0 Å². The van der Waals surface area contributed by atoms with Crippen LogP contribution in [0.15, 0.2) is 67.6 Å². The fraction of sp³-hybridized carbons (Fsp3) is 0.222. The van der Waals surface area contributed by atoms with Crippen LogP contribution < -0.4 is 14.2 Å². The second-order valence-corrected chi connectivity index (χ2v) is 11.2. The zero-order chi connectivity index (χ0) is 20.5. The lowest BCUT2D eigenvalue weighted by atomic mass is 10.3. The Morgan fingerprint density at radius 2 is 1.79 bits per heavy atom. The molecule has 3 aromatic rings. The molecule has 0 radical (unpaired) electrons. The Balaban J connectivity index is 1.60. The molecular weight excluding hydrogens is 438 g/mol. The van der Waals surface area contributed by atoms with Crippen LogP contribution in [0, 0.1) is 0 Å². The lowest BCUT2D eigenvalue weighted by molar-refractivity contribution is 0.171. The van der Waals surface area contributed by atoms with Gasteiger partial charge in [0.1, 0.15) is 28.4 Å². The van der Waals surface area contributed by atoms with Gasteiger partial charge in [-0.05, 0) is 35.7 Å². The molecule has 1 N–H and O–H groups in total. The summed E-state index contributed by atoms with van der Waals surface area (Å²) in [5, 5.41) is 0.439. The monoisotopic (exact) mass is 455 g/mol. The number of furan rings is 1. The van der Waals surface area contributed by atoms with E-state index < -0.39 is 25.1 Å². The van der Waals surface area contributed by atoms with Gasteiger partial charge < -0.3 is 13.9 Å². The average molecular weight is 456 g/mol. The molecule has 0 saturated heterocycles. The summed E-state index contributed by atoms with van der Waals surface area (Å²) in [7, 11) is -7.84. The number of hydrogen-bond donors (Lipinski definition) is 1. The van der Waals surface area contributed by atoms with Crippen LogP contribution in [0.5, 0.6) is 11.5 Å². The lowest BCUT2D eigenvalue weighted by Crippen LogP contribution is -2.31. The molecule has 154 valence electrons. The van der Waals surface area contributed by atoms with Gasteiger partial charge in [0.05, 0.1) is 11.2 Å². The normalized spacial score (nSPS) is 15.2. The number of sulfone groups is 1. The first-order valence-electron chi connectivity index (χ1n) is 8.58. The van der Waals surface area contributed by atoms with Crippen LogP contribution in [0.4, 0.5) is 0 Å². The van der Waals surface area contributed by atoms with Crippen LogP contribution in [0.2, 0.25) is 0 Å². The number of ether oxygens (including phenoxy) is 2. The van der Waals surface area contributed by atoms with Gasteiger partial charge in [0.2, 0.25) is 10.0 Å². The van der Waals surface area contributed by atoms with Crippen LogP contribution >= 0.6 is 11.3 Å². The van der Waals surface area contributed by atoms with Crippen molar-refractivity contribution < 1.29 is 30.7 Å². The summed E-state index contributed by atoms with van der Waals surface area (Å²) in [5.41, 5.74) is 0. The molecule has 0 amide bonds. The molecule has 0 unspecified atom stereocenters. The van der Waals surface area contributed by atoms with E-state index in [1.165, 1.54) is 36.6 Å². The number of fused-ring (bicyclic) bond motifs is 1. The summed E-state index contributed by atoms with van der Waals surface area (Å²) in [6.07, 6.45) is 1.35. The van der Waals surface area contributed by atoms with Gasteiger partial charge in [0, 0.05) is 12.6 Å². The van der Waals surface area contributed by atoms with Crippen molar-refractivity contribution in [2.24, 2.45) is 0 Å². The number of rotatable bonds is 7. The topological polar surface area (TPSA) is 112 Å². The first kappa shape index (κ1) is 20.0. The van der Waals surface area contributed by atoms with Gasteiger partial charge in [-0.3, -0.25) is 0 Å². The highest BCUT2D eigenvalue weighted by Crippen LogP contribution is 2.34. The summed E-state index contributed by atoms with van der Waals surface area (Å²) in [6.45, 7) is 0.330. The van der Waals surface area contributed by atoms with Gasteiger partial charge in [0.15, 0.2) is 21.3 Å². The molecule has 0 fully saturated rings. The number of hydrogen-bond acceptors (Lipinski definition) is 8. The van der Waals surface area contributed by atoms with Crippen molar-refractivity contribution in [3.63, 3.8) is 0 Å². The Morgan fingerprint density at radius 1 is 1.00 bits per heavy atom. The van der Waals surface area contributed by atoms with E-state index in [2.05, 4.69) is 4.72 Å². The van der Waals surface area contributed by atoms with Crippen molar-refractivity contribution in [3.05, 3.63) is 59.9 Å². The second kappa shape index (κ2) is 7.82. The highest BCUT2D eigenvalue weighted by atomic mass is 32.2. The molecule has 4 rings (SSSR count). The molecular formula is C18H17NO7S3. The maximum absolute atomic E-state index is 13.0. The molecule has 1 aliphatic rings. The average Bonchev–Trinajstić information content (AvgIpc) is 3.42. The Kier molecular flexibility index (Phi) is 5.38. The Bertz CT molecular complexity index is 1180. The third-order valence-electron chi connectivity index (χ3n) is 4.29. The third-order valence-corrected chi connectivity index (χ3v) is 9.21. The summed E-state index contributed by atoms with van der Waals surface area (Å²) in [5.74, 6) is 0.945. The molecule has 1 atom stereocenters. The number of benzene rings is 1. The zero-order valence-electron chi connectivity index (χ0n) is 15.0. The summed E-state index contributed by atoms with van der Waals surface area (Å²) in [4.78, 5) is -0.0477. The molecule has 3 heterocycles. The molecule has 0 spiro atoms. The fourth-order valence-electron chi connectivity index (χ4n) is 2.86. The van der Waals surface area contributed by atoms with Gasteiger partial charge in [0.25, 0.3) is 0 Å². The smallest absolute Gasteiger partial charge is 0.240 e. The van der Waals surface area contributed by atoms with Gasteiger partial charge in [-0.1, -0.05) is 6.07 Å². The minimum absolute atomic E-state index is 0.0477. The predicted molar refractivity (Wildman–Crippen MR) is 106 cm³/mol. The van der Waals surface area contributed by atoms with Crippen LogP contribution in [-0.2, 0) is 19.9 Å². The van der Waals surface area contributed by atoms with Crippen molar-refractivity contribution in [3.8, 4) is 11.5 Å². The maximum Gasteiger partial charge on any atom is 0.240 e. The quantitative estimate of drug-likeness (QED) is 0.583. The first-order chi connectivity index (χ1) is 13.9. The van der Waals surface area contributed by atoms with Crippen molar-refractivity contribution in [1.82, 2.24) is 4.72 Å². The second-order valence-electron chi connectivity index (χ2n) is 6.14. The Hall–Kier alpha value is -2.34. The van der Waals surface area contributed by atoms with E-state index in [0.29, 0.717) is 24.7 Å². The van der Waals surface area contributed by atoms with Gasteiger partial charge in [-0.2, -0.15) is 0 Å². The van der Waals surface area contributed by atoms with Crippen LogP contribution in [0.1, 0.15) is 11.0 Å². The molecule has 11 heteroatoms. The van der Waals surface area contributed by atoms with Gasteiger partial charge in [-0.25, -0.2) is 21.6 Å². The molecule has 0 bridgehead atoms. The predicted octanol–water partition coefficient (Wildman–Crippen LogP) is 2.61. The SMILES string of the molecule is O=S(=O)(NC[C@@H](c1ccco1)S(=O)(=O)c1cccs1)c1ccc2c(c1)OCCO2. The first-order valence-corrected chi connectivity index (χ1v) is 12.5. The summed E-state index contributed by atoms with van der Waals surface area (Å²) >= 11 is 1.06. The van der Waals surface area contributed by atoms with Crippen molar-refractivity contribution in [2.45, 2.75) is 14.4 Å². The minimum atomic E-state index is -4.00. The Morgan fingerprint density at radius 3 is 2.48 bits per heavy atom. The fourth-order valence-corrected chi connectivity index (χ4v) is 6.82. The molecule has 1 aliphatic heterocycles. The van der Waals surface area contributed by atoms with E-state index in [-0.39, 0.29) is 21.4 Å². The third kappa shape index (κ3) is 4.04. The highest BCUT2D eigenvalue weighted by Gasteiger charge is 2.33. The molecule has 2 aromatic heterocycles. The van der Waals surface area contributed by atoms with E-state index in [1.54, 1.807) is 17.5 Å². The van der Waals surface area contributed by atoms with Crippen molar-refractivity contribution >= 4 is 31.2 Å². The lowest BCUT2D eigenvalue weighted by Gasteiger charge is -2.19. The molecule has 0 aliphatic carbocycles. The van der Waals surface area contributed by atoms with E-state index in [4.69, 9.17) is 13.9 Å². The van der Waals surface area contributed by atoms with Crippen LogP contribution in [-0.4, -0.2) is 36.6 Å². The minimum Gasteiger partial charge on any atom is -0.486 e. The standard InChI is InChI=1S/C18H17NO7S3/c20-28(21,18-4-2-10-27-18)17(15-3-1-7-24-15)12-19-29(22,23)13-5-6-14-16(11-13)26-9-8-25-14/h1-7,10-11,17,19H,8-9,12H2/t17-/m0/s1. The largest absolute Gasteiger partial charge is 0.486 e. The zero-order valence-corrected chi connectivity index (χ0v) is 17.4. The molecule has 29 heavy (non-hydrogen) atoms. The Labute approximate surface area is 172 Å². The van der Waals surface area contributed by atoms with Gasteiger partial charge >= 0.3 is 0 Å². The number of sulfonamides is 1. The van der Waals surface area contributed by atoms with E-state index in [0.717, 1.165) is 11.3 Å². The molecule has 0 saturated carbocycles. The van der Waals surface area contributed by atoms with E-state index >= 15 is 0 Å². The van der Waals surface area contributed by atoms with Crippen molar-refractivity contribution in [2.75, 3.05) is 19.8 Å². The van der Waals surface area contributed by atoms with Gasteiger partial charge in [-0.15, -0.1) is 11.3 Å². The maximum atomic E-state index is 13.0. The van der Waals surface area contributed by atoms with Crippen molar-refractivity contribution in [1.29, 1.82) is 0 Å².